The highest BCUT2D eigenvalue weighted by atomic mass is 16.5. The number of benzene rings is 1. The number of ether oxygens (including phenoxy) is 3. The average Bonchev–Trinajstić information content (AvgIpc) is 2.67. The Hall–Kier alpha value is -2.49. The molecule has 0 aliphatic rings. The summed E-state index contributed by atoms with van der Waals surface area (Å²) in [6.45, 7) is 9.00. The molecule has 0 unspecified atom stereocenters. The van der Waals surface area contributed by atoms with Gasteiger partial charge in [0, 0.05) is 0 Å². The zero-order valence-electron chi connectivity index (χ0n) is 18.1. The van der Waals surface area contributed by atoms with Crippen LogP contribution in [0.5, 0.6) is 11.5 Å². The molecule has 0 aliphatic carbocycles. The molecule has 4 heteroatoms. The molecular formula is C24H34O4. The fourth-order valence-corrected chi connectivity index (χ4v) is 2.65. The van der Waals surface area contributed by atoms with E-state index in [0.29, 0.717) is 23.7 Å². The molecule has 0 atom stereocenters. The maximum atomic E-state index is 11.7. The molecule has 0 amide bonds. The Balaban J connectivity index is 2.53. The molecule has 1 rings (SSSR count). The van der Waals surface area contributed by atoms with Crippen molar-refractivity contribution in [2.75, 3.05) is 20.8 Å². The van der Waals surface area contributed by atoms with Crippen molar-refractivity contribution in [3.8, 4) is 11.5 Å². The van der Waals surface area contributed by atoms with Crippen molar-refractivity contribution in [3.63, 3.8) is 0 Å². The molecule has 0 fully saturated rings. The van der Waals surface area contributed by atoms with Crippen LogP contribution in [0.2, 0.25) is 0 Å². The summed E-state index contributed by atoms with van der Waals surface area (Å²) in [4.78, 5) is 11.7. The number of carbonyl (C=O) groups excluding carboxylic acids is 1. The summed E-state index contributed by atoms with van der Waals surface area (Å²) >= 11 is 0. The molecule has 0 N–H and O–H groups in total. The van der Waals surface area contributed by atoms with Gasteiger partial charge in [0.25, 0.3) is 0 Å². The quantitative estimate of drug-likeness (QED) is 0.332. The summed E-state index contributed by atoms with van der Waals surface area (Å²) in [5.41, 5.74) is 4.52. The first-order valence-corrected chi connectivity index (χ1v) is 9.71. The smallest absolute Gasteiger partial charge is 0.337 e. The van der Waals surface area contributed by atoms with Gasteiger partial charge in [-0.15, -0.1) is 0 Å². The highest BCUT2D eigenvalue weighted by Crippen LogP contribution is 2.28. The number of rotatable bonds is 11. The molecule has 0 aromatic heterocycles. The van der Waals surface area contributed by atoms with Gasteiger partial charge in [0.1, 0.15) is 6.61 Å². The zero-order chi connectivity index (χ0) is 20.9. The van der Waals surface area contributed by atoms with Gasteiger partial charge in [-0.2, -0.15) is 0 Å². The molecule has 0 radical (unpaired) electrons. The predicted molar refractivity (Wildman–Crippen MR) is 115 cm³/mol. The van der Waals surface area contributed by atoms with Gasteiger partial charge in [-0.1, -0.05) is 28.9 Å². The molecular weight excluding hydrogens is 352 g/mol. The molecule has 0 saturated heterocycles. The van der Waals surface area contributed by atoms with Crippen LogP contribution in [0.15, 0.2) is 53.1 Å². The van der Waals surface area contributed by atoms with E-state index in [-0.39, 0.29) is 0 Å². The van der Waals surface area contributed by atoms with Gasteiger partial charge in [0.05, 0.1) is 19.8 Å². The van der Waals surface area contributed by atoms with Crippen LogP contribution in [0, 0.1) is 0 Å². The van der Waals surface area contributed by atoms with Gasteiger partial charge >= 0.3 is 5.97 Å². The van der Waals surface area contributed by atoms with Crippen LogP contribution in [0.25, 0.3) is 0 Å². The lowest BCUT2D eigenvalue weighted by molar-refractivity contribution is 0.0600. The van der Waals surface area contributed by atoms with Crippen molar-refractivity contribution in [2.24, 2.45) is 0 Å². The van der Waals surface area contributed by atoms with E-state index in [1.807, 2.05) is 0 Å². The number of carbonyl (C=O) groups is 1. The molecule has 0 bridgehead atoms. The number of methoxy groups -OCH3 is 2. The number of hydrogen-bond donors (Lipinski definition) is 0. The maximum Gasteiger partial charge on any atom is 0.337 e. The van der Waals surface area contributed by atoms with Crippen LogP contribution >= 0.6 is 0 Å². The van der Waals surface area contributed by atoms with Crippen molar-refractivity contribution in [1.82, 2.24) is 0 Å². The van der Waals surface area contributed by atoms with Crippen LogP contribution < -0.4 is 9.47 Å². The lowest BCUT2D eigenvalue weighted by Gasteiger charge is -2.11. The van der Waals surface area contributed by atoms with Crippen molar-refractivity contribution in [1.29, 1.82) is 0 Å². The Morgan fingerprint density at radius 3 is 2.14 bits per heavy atom. The second-order valence-corrected chi connectivity index (χ2v) is 7.13. The standard InChI is InChI=1S/C24H34O4/c1-18(2)9-7-10-19(3)11-8-12-20(4)15-16-28-23-17-21(24(25)27-6)13-14-22(23)26-5/h9,11,13-15,17H,7-8,10,12,16H2,1-6H3/b19-11+,20-15+. The van der Waals surface area contributed by atoms with Crippen molar-refractivity contribution >= 4 is 5.97 Å². The summed E-state index contributed by atoms with van der Waals surface area (Å²) < 4.78 is 15.9. The van der Waals surface area contributed by atoms with Gasteiger partial charge in [-0.05, 0) is 77.7 Å². The molecule has 0 aliphatic heterocycles. The van der Waals surface area contributed by atoms with E-state index in [4.69, 9.17) is 14.2 Å². The predicted octanol–water partition coefficient (Wildman–Crippen LogP) is 6.28. The van der Waals surface area contributed by atoms with Gasteiger partial charge in [-0.25, -0.2) is 4.79 Å². The lowest BCUT2D eigenvalue weighted by atomic mass is 10.1. The largest absolute Gasteiger partial charge is 0.493 e. The number of allylic oxidation sites excluding steroid dienone is 5. The van der Waals surface area contributed by atoms with Crippen LogP contribution in [-0.2, 0) is 4.74 Å². The molecule has 1 aromatic carbocycles. The third-order valence-corrected chi connectivity index (χ3v) is 4.38. The van der Waals surface area contributed by atoms with Crippen molar-refractivity contribution < 1.29 is 19.0 Å². The van der Waals surface area contributed by atoms with Gasteiger partial charge in [-0.3, -0.25) is 0 Å². The Kier molecular flexibility index (Phi) is 10.8. The van der Waals surface area contributed by atoms with Crippen LogP contribution in [0.4, 0.5) is 0 Å². The second kappa shape index (κ2) is 12.8. The zero-order valence-corrected chi connectivity index (χ0v) is 18.1. The Morgan fingerprint density at radius 2 is 1.54 bits per heavy atom. The molecule has 4 nitrogen and oxygen atoms in total. The first kappa shape index (κ1) is 23.5. The topological polar surface area (TPSA) is 44.8 Å². The molecule has 0 spiro atoms. The average molecular weight is 387 g/mol. The SMILES string of the molecule is COC(=O)c1ccc(OC)c(OC/C=C(\C)CC/C=C(\C)CCC=C(C)C)c1. The summed E-state index contributed by atoms with van der Waals surface area (Å²) in [6.07, 6.45) is 10.9. The monoisotopic (exact) mass is 386 g/mol. The van der Waals surface area contributed by atoms with Crippen LogP contribution in [-0.4, -0.2) is 26.8 Å². The van der Waals surface area contributed by atoms with E-state index in [1.165, 1.54) is 23.8 Å². The van der Waals surface area contributed by atoms with E-state index in [0.717, 1.165) is 25.7 Å². The molecule has 28 heavy (non-hydrogen) atoms. The van der Waals surface area contributed by atoms with E-state index >= 15 is 0 Å². The van der Waals surface area contributed by atoms with E-state index in [9.17, 15) is 4.79 Å². The van der Waals surface area contributed by atoms with E-state index in [2.05, 4.69) is 45.9 Å². The first-order chi connectivity index (χ1) is 13.4. The molecule has 154 valence electrons. The van der Waals surface area contributed by atoms with E-state index in [1.54, 1.807) is 25.3 Å². The normalized spacial score (nSPS) is 11.8. The van der Waals surface area contributed by atoms with E-state index < -0.39 is 5.97 Å². The Labute approximate surface area is 169 Å². The fraction of sp³-hybridized carbons (Fsp3) is 0.458. The van der Waals surface area contributed by atoms with Crippen LogP contribution in [0.3, 0.4) is 0 Å². The lowest BCUT2D eigenvalue weighted by Crippen LogP contribution is -2.03. The highest BCUT2D eigenvalue weighted by Gasteiger charge is 2.11. The third-order valence-electron chi connectivity index (χ3n) is 4.38. The first-order valence-electron chi connectivity index (χ1n) is 9.71. The summed E-state index contributed by atoms with van der Waals surface area (Å²) in [7, 11) is 2.93. The third kappa shape index (κ3) is 8.94. The van der Waals surface area contributed by atoms with Crippen molar-refractivity contribution in [2.45, 2.75) is 53.4 Å². The number of esters is 1. The Bertz CT molecular complexity index is 722. The molecule has 1 aromatic rings. The number of hydrogen-bond acceptors (Lipinski definition) is 4. The highest BCUT2D eigenvalue weighted by molar-refractivity contribution is 5.90. The second-order valence-electron chi connectivity index (χ2n) is 7.13. The van der Waals surface area contributed by atoms with Gasteiger partial charge in [0.15, 0.2) is 11.5 Å². The van der Waals surface area contributed by atoms with Gasteiger partial charge in [0.2, 0.25) is 0 Å². The molecule has 0 saturated carbocycles. The van der Waals surface area contributed by atoms with Crippen LogP contribution in [0.1, 0.15) is 63.7 Å². The molecule has 0 heterocycles. The minimum atomic E-state index is -0.397. The minimum Gasteiger partial charge on any atom is -0.493 e. The van der Waals surface area contributed by atoms with Crippen molar-refractivity contribution in [3.05, 3.63) is 58.7 Å². The minimum absolute atomic E-state index is 0.397. The summed E-state index contributed by atoms with van der Waals surface area (Å²) in [5, 5.41) is 0. The summed E-state index contributed by atoms with van der Waals surface area (Å²) in [5.74, 6) is 0.726. The fourth-order valence-electron chi connectivity index (χ4n) is 2.65. The maximum absolute atomic E-state index is 11.7. The Morgan fingerprint density at radius 1 is 0.893 bits per heavy atom. The van der Waals surface area contributed by atoms with Gasteiger partial charge < -0.3 is 14.2 Å². The summed E-state index contributed by atoms with van der Waals surface area (Å²) in [6, 6.07) is 5.01.